The summed E-state index contributed by atoms with van der Waals surface area (Å²) in [4.78, 5) is 0. The molecule has 1 aliphatic carbocycles. The number of aromatic nitrogens is 5. The molecule has 0 saturated heterocycles. The summed E-state index contributed by atoms with van der Waals surface area (Å²) in [7, 11) is 1.64. The van der Waals surface area contributed by atoms with E-state index in [0.717, 1.165) is 28.0 Å². The van der Waals surface area contributed by atoms with Gasteiger partial charge < -0.3 is 9.15 Å². The van der Waals surface area contributed by atoms with Crippen LogP contribution < -0.4 is 4.74 Å². The molecule has 0 aliphatic heterocycles. The van der Waals surface area contributed by atoms with Crippen molar-refractivity contribution in [3.63, 3.8) is 0 Å². The first kappa shape index (κ1) is 17.9. The lowest BCUT2D eigenvalue weighted by molar-refractivity contribution is 0.415. The van der Waals surface area contributed by atoms with Gasteiger partial charge in [0.15, 0.2) is 5.16 Å². The van der Waals surface area contributed by atoms with Gasteiger partial charge in [0.05, 0.1) is 12.9 Å². The molecule has 1 saturated carbocycles. The zero-order valence-electron chi connectivity index (χ0n) is 15.9. The molecule has 2 aromatic heterocycles. The molecule has 4 aromatic rings. The van der Waals surface area contributed by atoms with Crippen LogP contribution in [0.25, 0.3) is 17.1 Å². The second-order valence-electron chi connectivity index (χ2n) is 6.80. The SMILES string of the molecule is COc1ccc(-c2nnc(CSc3nnc(C4CC4)n3-c3ccccc3)o2)cc1. The molecule has 2 heterocycles. The molecule has 0 unspecified atom stereocenters. The highest BCUT2D eigenvalue weighted by Gasteiger charge is 2.31. The van der Waals surface area contributed by atoms with Gasteiger partial charge in [-0.2, -0.15) is 0 Å². The maximum atomic E-state index is 5.84. The Morgan fingerprint density at radius 2 is 1.79 bits per heavy atom. The van der Waals surface area contributed by atoms with Crippen LogP contribution in [0.2, 0.25) is 0 Å². The highest BCUT2D eigenvalue weighted by atomic mass is 32.2. The number of hydrogen-bond donors (Lipinski definition) is 0. The summed E-state index contributed by atoms with van der Waals surface area (Å²) in [5.41, 5.74) is 1.93. The molecule has 2 aromatic carbocycles. The summed E-state index contributed by atoms with van der Waals surface area (Å²) >= 11 is 1.55. The molecule has 5 rings (SSSR count). The molecule has 0 bridgehead atoms. The van der Waals surface area contributed by atoms with Gasteiger partial charge in [0.25, 0.3) is 0 Å². The van der Waals surface area contributed by atoms with E-state index in [1.165, 1.54) is 12.8 Å². The van der Waals surface area contributed by atoms with Crippen molar-refractivity contribution in [3.8, 4) is 22.9 Å². The highest BCUT2D eigenvalue weighted by molar-refractivity contribution is 7.98. The normalized spacial score (nSPS) is 13.6. The van der Waals surface area contributed by atoms with Gasteiger partial charge in [-0.15, -0.1) is 20.4 Å². The molecular weight excluding hydrogens is 386 g/mol. The van der Waals surface area contributed by atoms with E-state index in [4.69, 9.17) is 9.15 Å². The van der Waals surface area contributed by atoms with E-state index < -0.39 is 0 Å². The Balaban J connectivity index is 1.35. The van der Waals surface area contributed by atoms with E-state index in [-0.39, 0.29) is 0 Å². The maximum Gasteiger partial charge on any atom is 0.247 e. The molecule has 29 heavy (non-hydrogen) atoms. The number of ether oxygens (including phenoxy) is 1. The molecule has 0 spiro atoms. The topological polar surface area (TPSA) is 78.9 Å². The van der Waals surface area contributed by atoms with Crippen LogP contribution in [-0.2, 0) is 5.75 Å². The van der Waals surface area contributed by atoms with Crippen LogP contribution in [-0.4, -0.2) is 32.1 Å². The van der Waals surface area contributed by atoms with Crippen LogP contribution >= 0.6 is 11.8 Å². The molecule has 7 nitrogen and oxygen atoms in total. The van der Waals surface area contributed by atoms with Crippen LogP contribution in [0.4, 0.5) is 0 Å². The monoisotopic (exact) mass is 405 g/mol. The van der Waals surface area contributed by atoms with Gasteiger partial charge in [0.2, 0.25) is 11.8 Å². The largest absolute Gasteiger partial charge is 0.497 e. The number of benzene rings is 2. The maximum absolute atomic E-state index is 5.84. The van der Waals surface area contributed by atoms with Crippen molar-refractivity contribution >= 4 is 11.8 Å². The van der Waals surface area contributed by atoms with Gasteiger partial charge in [-0.25, -0.2) is 0 Å². The molecule has 0 atom stereocenters. The fraction of sp³-hybridized carbons (Fsp3) is 0.238. The zero-order chi connectivity index (χ0) is 19.6. The average molecular weight is 405 g/mol. The van der Waals surface area contributed by atoms with Crippen LogP contribution in [0, 0.1) is 0 Å². The number of para-hydroxylation sites is 1. The predicted octanol–water partition coefficient (Wildman–Crippen LogP) is 4.50. The molecule has 8 heteroatoms. The van der Waals surface area contributed by atoms with Gasteiger partial charge in [-0.3, -0.25) is 4.57 Å². The molecule has 0 radical (unpaired) electrons. The molecule has 1 aliphatic rings. The molecular formula is C21H19N5O2S. The van der Waals surface area contributed by atoms with Gasteiger partial charge in [0, 0.05) is 17.2 Å². The Bertz CT molecular complexity index is 1100. The summed E-state index contributed by atoms with van der Waals surface area (Å²) < 4.78 is 13.2. The van der Waals surface area contributed by atoms with E-state index in [1.807, 2.05) is 42.5 Å². The van der Waals surface area contributed by atoms with Crippen molar-refractivity contribution in [1.82, 2.24) is 25.0 Å². The second kappa shape index (κ2) is 7.71. The Morgan fingerprint density at radius 3 is 2.52 bits per heavy atom. The van der Waals surface area contributed by atoms with Crippen molar-refractivity contribution in [2.24, 2.45) is 0 Å². The standard InChI is InChI=1S/C21H19N5O2S/c1-27-17-11-9-15(10-12-17)20-24-22-18(28-20)13-29-21-25-23-19(14-7-8-14)26(21)16-5-3-2-4-6-16/h2-6,9-12,14H,7-8,13H2,1H3. The lowest BCUT2D eigenvalue weighted by Crippen LogP contribution is -2.01. The van der Waals surface area contributed by atoms with E-state index in [0.29, 0.717) is 23.5 Å². The molecule has 0 amide bonds. The summed E-state index contributed by atoms with van der Waals surface area (Å²) in [5.74, 6) is 3.89. The van der Waals surface area contributed by atoms with E-state index in [2.05, 4.69) is 37.1 Å². The third kappa shape index (κ3) is 3.75. The van der Waals surface area contributed by atoms with Gasteiger partial charge >= 0.3 is 0 Å². The van der Waals surface area contributed by atoms with Crippen LogP contribution in [0.3, 0.4) is 0 Å². The number of nitrogens with zero attached hydrogens (tertiary/aromatic N) is 5. The second-order valence-corrected chi connectivity index (χ2v) is 7.75. The van der Waals surface area contributed by atoms with Crippen molar-refractivity contribution in [2.45, 2.75) is 29.7 Å². The number of methoxy groups -OCH3 is 1. The first-order valence-electron chi connectivity index (χ1n) is 9.42. The first-order chi connectivity index (χ1) is 14.3. The lowest BCUT2D eigenvalue weighted by Gasteiger charge is -2.08. The first-order valence-corrected chi connectivity index (χ1v) is 10.4. The number of hydrogen-bond acceptors (Lipinski definition) is 7. The summed E-state index contributed by atoms with van der Waals surface area (Å²) in [6, 6.07) is 17.8. The minimum Gasteiger partial charge on any atom is -0.497 e. The quantitative estimate of drug-likeness (QED) is 0.419. The third-order valence-corrected chi connectivity index (χ3v) is 5.66. The summed E-state index contributed by atoms with van der Waals surface area (Å²) in [6.07, 6.45) is 2.34. The zero-order valence-corrected chi connectivity index (χ0v) is 16.7. The minimum absolute atomic E-state index is 0.492. The summed E-state index contributed by atoms with van der Waals surface area (Å²) in [5, 5.41) is 18.1. The number of rotatable bonds is 7. The van der Waals surface area contributed by atoms with E-state index in [9.17, 15) is 0 Å². The van der Waals surface area contributed by atoms with Crippen LogP contribution in [0.5, 0.6) is 5.75 Å². The predicted molar refractivity (Wildman–Crippen MR) is 109 cm³/mol. The van der Waals surface area contributed by atoms with E-state index in [1.54, 1.807) is 18.9 Å². The third-order valence-electron chi connectivity index (χ3n) is 4.74. The Hall–Kier alpha value is -3.13. The fourth-order valence-electron chi connectivity index (χ4n) is 3.09. The minimum atomic E-state index is 0.492. The van der Waals surface area contributed by atoms with Gasteiger partial charge in [0.1, 0.15) is 11.6 Å². The molecule has 1 fully saturated rings. The summed E-state index contributed by atoms with van der Waals surface area (Å²) in [6.45, 7) is 0. The van der Waals surface area contributed by atoms with Crippen molar-refractivity contribution in [1.29, 1.82) is 0 Å². The van der Waals surface area contributed by atoms with Crippen molar-refractivity contribution in [2.75, 3.05) is 7.11 Å². The van der Waals surface area contributed by atoms with E-state index >= 15 is 0 Å². The number of thioether (sulfide) groups is 1. The Kier molecular flexibility index (Phi) is 4.77. The smallest absolute Gasteiger partial charge is 0.247 e. The average Bonchev–Trinajstić information content (AvgIpc) is 3.36. The van der Waals surface area contributed by atoms with Crippen LogP contribution in [0.1, 0.15) is 30.5 Å². The molecule has 0 N–H and O–H groups in total. The Morgan fingerprint density at radius 1 is 1.00 bits per heavy atom. The Labute approximate surface area is 172 Å². The highest BCUT2D eigenvalue weighted by Crippen LogP contribution is 2.41. The van der Waals surface area contributed by atoms with Gasteiger partial charge in [-0.1, -0.05) is 30.0 Å². The fourth-order valence-corrected chi connectivity index (χ4v) is 3.88. The van der Waals surface area contributed by atoms with Crippen molar-refractivity contribution < 1.29 is 9.15 Å². The van der Waals surface area contributed by atoms with Crippen LogP contribution in [0.15, 0.2) is 64.2 Å². The molecule has 146 valence electrons. The lowest BCUT2D eigenvalue weighted by atomic mass is 10.2. The van der Waals surface area contributed by atoms with Crippen molar-refractivity contribution in [3.05, 3.63) is 66.3 Å². The van der Waals surface area contributed by atoms with Gasteiger partial charge in [-0.05, 0) is 49.2 Å².